The second-order valence-corrected chi connectivity index (χ2v) is 4.28. The lowest BCUT2D eigenvalue weighted by Crippen LogP contribution is -2.23. The number of carbonyl (C=O) groups is 2. The van der Waals surface area contributed by atoms with Gasteiger partial charge in [-0.25, -0.2) is 10.3 Å². The average molecular weight is 290 g/mol. The summed E-state index contributed by atoms with van der Waals surface area (Å²) in [7, 11) is 0. The van der Waals surface area contributed by atoms with Gasteiger partial charge >= 0.3 is 12.1 Å². The predicted octanol–water partition coefficient (Wildman–Crippen LogP) is 2.40. The van der Waals surface area contributed by atoms with Crippen molar-refractivity contribution in [2.75, 3.05) is 23.4 Å². The zero-order valence-electron chi connectivity index (χ0n) is 11.1. The number of hydrogen-bond acceptors (Lipinski definition) is 6. The van der Waals surface area contributed by atoms with Crippen LogP contribution in [0.1, 0.15) is 6.42 Å². The van der Waals surface area contributed by atoms with Crippen molar-refractivity contribution in [2.45, 2.75) is 6.42 Å². The van der Waals surface area contributed by atoms with Crippen molar-refractivity contribution >= 4 is 23.4 Å². The molecule has 1 amide bonds. The van der Waals surface area contributed by atoms with E-state index in [-0.39, 0.29) is 18.2 Å². The number of carbonyl (C=O) groups excluding carboxylic acids is 1. The van der Waals surface area contributed by atoms with Gasteiger partial charge < -0.3 is 15.2 Å². The topological polar surface area (TPSA) is 115 Å². The molecule has 0 unspecified atom stereocenters. The van der Waals surface area contributed by atoms with E-state index in [4.69, 9.17) is 15.4 Å². The van der Waals surface area contributed by atoms with Gasteiger partial charge in [0.2, 0.25) is 0 Å². The average Bonchev–Trinajstić information content (AvgIpc) is 2.90. The van der Waals surface area contributed by atoms with Crippen LogP contribution in [0, 0.1) is 5.53 Å². The van der Waals surface area contributed by atoms with E-state index < -0.39 is 5.97 Å². The molecule has 1 fully saturated rings. The minimum Gasteiger partial charge on any atom is -0.481 e. The van der Waals surface area contributed by atoms with E-state index in [0.29, 0.717) is 18.8 Å². The monoisotopic (exact) mass is 290 g/mol. The smallest absolute Gasteiger partial charge is 0.414 e. The lowest BCUT2D eigenvalue weighted by Gasteiger charge is -2.13. The number of anilines is 2. The van der Waals surface area contributed by atoms with Crippen molar-refractivity contribution in [3.8, 4) is 0 Å². The summed E-state index contributed by atoms with van der Waals surface area (Å²) in [6, 6.07) is 6.97. The van der Waals surface area contributed by atoms with E-state index in [1.165, 1.54) is 11.1 Å². The Kier molecular flexibility index (Phi) is 4.50. The van der Waals surface area contributed by atoms with Crippen molar-refractivity contribution < 1.29 is 19.4 Å². The lowest BCUT2D eigenvalue weighted by atomic mass is 10.2. The van der Waals surface area contributed by atoms with Crippen molar-refractivity contribution in [3.63, 3.8) is 0 Å². The van der Waals surface area contributed by atoms with Gasteiger partial charge in [0.25, 0.3) is 0 Å². The van der Waals surface area contributed by atoms with Gasteiger partial charge in [-0.05, 0) is 24.3 Å². The number of ether oxygens (including phenoxy) is 1. The first-order valence-corrected chi connectivity index (χ1v) is 6.19. The third-order valence-electron chi connectivity index (χ3n) is 2.82. The molecule has 1 heterocycles. The summed E-state index contributed by atoms with van der Waals surface area (Å²) in [6.07, 6.45) is 0.668. The van der Waals surface area contributed by atoms with Gasteiger partial charge in [0.1, 0.15) is 6.61 Å². The fourth-order valence-electron chi connectivity index (χ4n) is 1.81. The number of rotatable bonds is 6. The molecule has 110 valence electrons. The van der Waals surface area contributed by atoms with E-state index in [9.17, 15) is 9.59 Å². The molecule has 1 aliphatic rings. The SMILES string of the molecule is N=N/C(=C\Nc1ccc(N2CCOC2=O)cc1)CC(=O)O. The second-order valence-electron chi connectivity index (χ2n) is 4.28. The first kappa shape index (κ1) is 14.5. The Morgan fingerprint density at radius 1 is 1.48 bits per heavy atom. The number of hydrogen-bond donors (Lipinski definition) is 3. The van der Waals surface area contributed by atoms with E-state index in [2.05, 4.69) is 10.4 Å². The molecule has 0 spiro atoms. The number of cyclic esters (lactones) is 1. The highest BCUT2D eigenvalue weighted by Gasteiger charge is 2.23. The molecular formula is C13H14N4O4. The Bertz CT molecular complexity index is 582. The van der Waals surface area contributed by atoms with Gasteiger partial charge in [0.15, 0.2) is 0 Å². The number of carboxylic acid groups (broad SMARTS) is 1. The Hall–Kier alpha value is -2.90. The normalized spacial score (nSPS) is 14.8. The summed E-state index contributed by atoms with van der Waals surface area (Å²) < 4.78 is 4.85. The van der Waals surface area contributed by atoms with Gasteiger partial charge in [-0.15, -0.1) is 0 Å². The van der Waals surface area contributed by atoms with E-state index in [1.807, 2.05) is 0 Å². The Morgan fingerprint density at radius 2 is 2.19 bits per heavy atom. The molecular weight excluding hydrogens is 276 g/mol. The van der Waals surface area contributed by atoms with Gasteiger partial charge in [0, 0.05) is 17.6 Å². The maximum absolute atomic E-state index is 11.4. The number of amides is 1. The van der Waals surface area contributed by atoms with E-state index >= 15 is 0 Å². The van der Waals surface area contributed by atoms with Crippen LogP contribution in [0.25, 0.3) is 0 Å². The van der Waals surface area contributed by atoms with Gasteiger partial charge in [-0.2, -0.15) is 5.11 Å². The molecule has 0 atom stereocenters. The number of aliphatic carboxylic acids is 1. The van der Waals surface area contributed by atoms with Crippen LogP contribution < -0.4 is 10.2 Å². The highest BCUT2D eigenvalue weighted by Crippen LogP contribution is 2.21. The summed E-state index contributed by atoms with van der Waals surface area (Å²) >= 11 is 0. The predicted molar refractivity (Wildman–Crippen MR) is 74.2 cm³/mol. The number of nitrogens with one attached hydrogen (secondary N) is 2. The highest BCUT2D eigenvalue weighted by molar-refractivity contribution is 5.89. The van der Waals surface area contributed by atoms with Crippen LogP contribution in [0.5, 0.6) is 0 Å². The number of nitrogens with zero attached hydrogens (tertiary/aromatic N) is 2. The summed E-state index contributed by atoms with van der Waals surface area (Å²) in [5, 5.41) is 14.6. The fraction of sp³-hybridized carbons (Fsp3) is 0.231. The quantitative estimate of drug-likeness (QED) is 0.696. The van der Waals surface area contributed by atoms with Gasteiger partial charge in [-0.1, -0.05) is 0 Å². The van der Waals surface area contributed by atoms with Crippen LogP contribution in [0.2, 0.25) is 0 Å². The third kappa shape index (κ3) is 3.78. The molecule has 1 aromatic rings. The lowest BCUT2D eigenvalue weighted by molar-refractivity contribution is -0.136. The minimum absolute atomic E-state index is 0.106. The summed E-state index contributed by atoms with van der Waals surface area (Å²) in [4.78, 5) is 23.5. The molecule has 1 aliphatic heterocycles. The van der Waals surface area contributed by atoms with Gasteiger partial charge in [-0.3, -0.25) is 9.69 Å². The second kappa shape index (κ2) is 6.51. The molecule has 2 rings (SSSR count). The van der Waals surface area contributed by atoms with Crippen LogP contribution in [0.4, 0.5) is 16.2 Å². The van der Waals surface area contributed by atoms with Crippen LogP contribution in [0.3, 0.4) is 0 Å². The third-order valence-corrected chi connectivity index (χ3v) is 2.82. The number of benzene rings is 1. The van der Waals surface area contributed by atoms with Crippen molar-refractivity contribution in [1.29, 1.82) is 5.53 Å². The van der Waals surface area contributed by atoms with Crippen LogP contribution in [0.15, 0.2) is 41.3 Å². The summed E-state index contributed by atoms with van der Waals surface area (Å²) in [5.41, 5.74) is 8.41. The van der Waals surface area contributed by atoms with E-state index in [1.54, 1.807) is 24.3 Å². The van der Waals surface area contributed by atoms with Crippen molar-refractivity contribution in [2.24, 2.45) is 5.11 Å². The van der Waals surface area contributed by atoms with Crippen LogP contribution in [-0.4, -0.2) is 30.3 Å². The molecule has 0 saturated carbocycles. The minimum atomic E-state index is -1.05. The summed E-state index contributed by atoms with van der Waals surface area (Å²) in [6.45, 7) is 0.900. The molecule has 0 aliphatic carbocycles. The maximum atomic E-state index is 11.4. The largest absolute Gasteiger partial charge is 0.481 e. The zero-order valence-corrected chi connectivity index (χ0v) is 11.1. The molecule has 0 bridgehead atoms. The molecule has 8 heteroatoms. The maximum Gasteiger partial charge on any atom is 0.414 e. The molecule has 1 saturated heterocycles. The Balaban J connectivity index is 2.02. The summed E-state index contributed by atoms with van der Waals surface area (Å²) in [5.74, 6) is -1.05. The molecule has 1 aromatic carbocycles. The molecule has 8 nitrogen and oxygen atoms in total. The standard InChI is InChI=1S/C13H14N4O4/c14-16-10(7-12(18)19)8-15-9-1-3-11(4-2-9)17-5-6-21-13(17)20/h1-4,8,14-15H,5-7H2,(H,18,19)/b10-8-,16-14?. The molecule has 0 radical (unpaired) electrons. The molecule has 21 heavy (non-hydrogen) atoms. The van der Waals surface area contributed by atoms with Crippen LogP contribution >= 0.6 is 0 Å². The number of carboxylic acids is 1. The van der Waals surface area contributed by atoms with E-state index in [0.717, 1.165) is 5.69 Å². The van der Waals surface area contributed by atoms with Crippen LogP contribution in [-0.2, 0) is 9.53 Å². The highest BCUT2D eigenvalue weighted by atomic mass is 16.6. The Labute approximate surface area is 120 Å². The van der Waals surface area contributed by atoms with Crippen molar-refractivity contribution in [1.82, 2.24) is 0 Å². The Morgan fingerprint density at radius 3 is 2.71 bits per heavy atom. The fourth-order valence-corrected chi connectivity index (χ4v) is 1.81. The first-order valence-electron chi connectivity index (χ1n) is 6.19. The first-order chi connectivity index (χ1) is 10.1. The van der Waals surface area contributed by atoms with Gasteiger partial charge in [0.05, 0.1) is 18.7 Å². The molecule has 3 N–H and O–H groups in total. The van der Waals surface area contributed by atoms with Crippen molar-refractivity contribution in [3.05, 3.63) is 36.2 Å². The zero-order chi connectivity index (χ0) is 15.2. The molecule has 0 aromatic heterocycles.